The van der Waals surface area contributed by atoms with Crippen molar-refractivity contribution in [3.63, 3.8) is 0 Å². The molecule has 6 heteroatoms. The van der Waals surface area contributed by atoms with E-state index >= 15 is 0 Å². The highest BCUT2D eigenvalue weighted by Crippen LogP contribution is 2.34. The molecule has 1 saturated heterocycles. The van der Waals surface area contributed by atoms with Crippen LogP contribution in [0.15, 0.2) is 66.7 Å². The topological polar surface area (TPSA) is 96.8 Å². The molecule has 0 amide bonds. The molecule has 1 heterocycles. The zero-order valence-electron chi connectivity index (χ0n) is 16.6. The van der Waals surface area contributed by atoms with E-state index in [1.54, 1.807) is 30.3 Å². The first-order chi connectivity index (χ1) is 14.1. The highest BCUT2D eigenvalue weighted by atomic mass is 16.5. The predicted molar refractivity (Wildman–Crippen MR) is 121 cm³/mol. The number of ether oxygens (including phenoxy) is 1. The molecule has 1 aliphatic rings. The molecule has 0 aromatic heterocycles. The van der Waals surface area contributed by atoms with Crippen LogP contribution in [0, 0.1) is 0 Å². The van der Waals surface area contributed by atoms with Crippen LogP contribution in [0.3, 0.4) is 0 Å². The summed E-state index contributed by atoms with van der Waals surface area (Å²) in [5, 5.41) is 12.9. The molecule has 0 spiro atoms. The van der Waals surface area contributed by atoms with Crippen LogP contribution in [-0.2, 0) is 4.74 Å². The summed E-state index contributed by atoms with van der Waals surface area (Å²) in [5.41, 5.74) is 16.3. The van der Waals surface area contributed by atoms with E-state index in [0.29, 0.717) is 16.9 Å². The van der Waals surface area contributed by atoms with Crippen molar-refractivity contribution in [1.82, 2.24) is 0 Å². The van der Waals surface area contributed by atoms with Crippen LogP contribution < -0.4 is 21.7 Å². The summed E-state index contributed by atoms with van der Waals surface area (Å²) in [4.78, 5) is 2.35. The number of para-hydroxylation sites is 1. The third-order valence-corrected chi connectivity index (χ3v) is 4.80. The van der Waals surface area contributed by atoms with E-state index in [0.717, 1.165) is 37.6 Å². The van der Waals surface area contributed by atoms with Crippen molar-refractivity contribution in [3.8, 4) is 16.9 Å². The number of hydrogen-bond donors (Lipinski definition) is 4. The second-order valence-electron chi connectivity index (χ2n) is 6.77. The maximum absolute atomic E-state index is 9.78. The minimum absolute atomic E-state index is 0.100. The Morgan fingerprint density at radius 1 is 0.931 bits per heavy atom. The average molecular weight is 393 g/mol. The summed E-state index contributed by atoms with van der Waals surface area (Å²) in [6.07, 6.45) is 0. The fourth-order valence-electron chi connectivity index (χ4n) is 3.16. The molecule has 6 nitrogen and oxygen atoms in total. The highest BCUT2D eigenvalue weighted by molar-refractivity contribution is 5.78. The van der Waals surface area contributed by atoms with Crippen LogP contribution in [0.5, 0.6) is 5.75 Å². The van der Waals surface area contributed by atoms with E-state index in [2.05, 4.69) is 34.5 Å². The van der Waals surface area contributed by atoms with Gasteiger partial charge in [-0.05, 0) is 48.0 Å². The van der Waals surface area contributed by atoms with Crippen LogP contribution >= 0.6 is 0 Å². The van der Waals surface area contributed by atoms with Gasteiger partial charge in [-0.1, -0.05) is 24.3 Å². The second-order valence-corrected chi connectivity index (χ2v) is 6.77. The predicted octanol–water partition coefficient (Wildman–Crippen LogP) is 3.79. The van der Waals surface area contributed by atoms with Gasteiger partial charge in [-0.25, -0.2) is 0 Å². The number of nitrogens with zero attached hydrogens (tertiary/aromatic N) is 1. The van der Waals surface area contributed by atoms with Crippen LogP contribution in [0.25, 0.3) is 11.1 Å². The summed E-state index contributed by atoms with van der Waals surface area (Å²) >= 11 is 0. The van der Waals surface area contributed by atoms with Crippen molar-refractivity contribution < 1.29 is 9.84 Å². The molecule has 1 fully saturated rings. The van der Waals surface area contributed by atoms with Gasteiger partial charge in [0.05, 0.1) is 18.9 Å². The minimum atomic E-state index is 0.100. The number of phenolic OH excluding ortho intramolecular Hbond substituents is 1. The Morgan fingerprint density at radius 2 is 1.62 bits per heavy atom. The molecule has 4 rings (SSSR count). The van der Waals surface area contributed by atoms with Crippen LogP contribution in [0.4, 0.5) is 22.7 Å². The standard InChI is InChI=1S/C12H12N2O.C11H16N2O/c13-9-4-1-3-8(7-9)10-5-2-6-11(14)12(10)15;1-12-10-2-4-11(5-3-10)13-6-8-14-9-7-13/h1-7,15H,13-14H2;2-5,12H,6-9H2,1H3. The number of benzene rings is 3. The minimum Gasteiger partial charge on any atom is -0.505 e. The van der Waals surface area contributed by atoms with E-state index in [4.69, 9.17) is 16.2 Å². The summed E-state index contributed by atoms with van der Waals surface area (Å²) in [6, 6.07) is 21.1. The molecule has 0 aliphatic carbocycles. The third kappa shape index (κ3) is 5.33. The van der Waals surface area contributed by atoms with E-state index in [-0.39, 0.29) is 5.75 Å². The van der Waals surface area contributed by atoms with E-state index in [9.17, 15) is 5.11 Å². The van der Waals surface area contributed by atoms with Crippen LogP contribution in [0.1, 0.15) is 0 Å². The molecule has 0 saturated carbocycles. The van der Waals surface area contributed by atoms with Crippen molar-refractivity contribution in [3.05, 3.63) is 66.7 Å². The van der Waals surface area contributed by atoms with Crippen molar-refractivity contribution >= 4 is 22.7 Å². The molecular weight excluding hydrogens is 364 g/mol. The zero-order chi connectivity index (χ0) is 20.6. The summed E-state index contributed by atoms with van der Waals surface area (Å²) in [7, 11) is 1.93. The quantitative estimate of drug-likeness (QED) is 0.400. The lowest BCUT2D eigenvalue weighted by molar-refractivity contribution is 0.122. The highest BCUT2D eigenvalue weighted by Gasteiger charge is 2.10. The van der Waals surface area contributed by atoms with Crippen molar-refractivity contribution in [2.24, 2.45) is 0 Å². The van der Waals surface area contributed by atoms with E-state index in [1.165, 1.54) is 5.69 Å². The van der Waals surface area contributed by atoms with Gasteiger partial charge in [-0.15, -0.1) is 0 Å². The maximum Gasteiger partial charge on any atom is 0.146 e. The molecule has 6 N–H and O–H groups in total. The van der Waals surface area contributed by atoms with Gasteiger partial charge in [0.1, 0.15) is 5.75 Å². The van der Waals surface area contributed by atoms with E-state index in [1.807, 2.05) is 19.2 Å². The van der Waals surface area contributed by atoms with Crippen LogP contribution in [0.2, 0.25) is 0 Å². The van der Waals surface area contributed by atoms with Gasteiger partial charge in [0, 0.05) is 42.8 Å². The molecule has 0 bridgehead atoms. The number of anilines is 4. The summed E-state index contributed by atoms with van der Waals surface area (Å²) in [5.74, 6) is 0.100. The Balaban J connectivity index is 0.000000166. The molecule has 29 heavy (non-hydrogen) atoms. The number of nitrogens with one attached hydrogen (secondary N) is 1. The van der Waals surface area contributed by atoms with Gasteiger partial charge >= 0.3 is 0 Å². The Hall–Kier alpha value is -3.38. The number of nitrogen functional groups attached to an aromatic ring is 2. The lowest BCUT2D eigenvalue weighted by Crippen LogP contribution is -2.36. The lowest BCUT2D eigenvalue weighted by Gasteiger charge is -2.28. The molecule has 0 unspecified atom stereocenters. The molecule has 152 valence electrons. The second kappa shape index (κ2) is 9.71. The van der Waals surface area contributed by atoms with Gasteiger partial charge in [-0.2, -0.15) is 0 Å². The van der Waals surface area contributed by atoms with Crippen LogP contribution in [-0.4, -0.2) is 38.5 Å². The number of hydrogen-bond acceptors (Lipinski definition) is 6. The Bertz CT molecular complexity index is 922. The Morgan fingerprint density at radius 3 is 2.28 bits per heavy atom. The van der Waals surface area contributed by atoms with Gasteiger partial charge in [0.15, 0.2) is 0 Å². The normalized spacial score (nSPS) is 13.3. The number of phenols is 1. The van der Waals surface area contributed by atoms with Crippen molar-refractivity contribution in [2.75, 3.05) is 55.0 Å². The van der Waals surface area contributed by atoms with Gasteiger partial charge in [0.25, 0.3) is 0 Å². The van der Waals surface area contributed by atoms with Gasteiger partial charge < -0.3 is 31.5 Å². The summed E-state index contributed by atoms with van der Waals surface area (Å²) in [6.45, 7) is 3.68. The monoisotopic (exact) mass is 392 g/mol. The smallest absolute Gasteiger partial charge is 0.146 e. The molecule has 0 atom stereocenters. The lowest BCUT2D eigenvalue weighted by atomic mass is 10.0. The number of morpholine rings is 1. The van der Waals surface area contributed by atoms with Crippen molar-refractivity contribution in [1.29, 1.82) is 0 Å². The fraction of sp³-hybridized carbons (Fsp3) is 0.217. The van der Waals surface area contributed by atoms with Gasteiger partial charge in [-0.3, -0.25) is 0 Å². The molecule has 1 aliphatic heterocycles. The van der Waals surface area contributed by atoms with Crippen molar-refractivity contribution in [2.45, 2.75) is 0 Å². The van der Waals surface area contributed by atoms with Gasteiger partial charge in [0.2, 0.25) is 0 Å². The third-order valence-electron chi connectivity index (χ3n) is 4.80. The molecule has 3 aromatic rings. The Labute approximate surface area is 171 Å². The first-order valence-corrected chi connectivity index (χ1v) is 9.62. The first kappa shape index (κ1) is 20.4. The number of aromatic hydroxyl groups is 1. The van der Waals surface area contributed by atoms with E-state index < -0.39 is 0 Å². The fourth-order valence-corrected chi connectivity index (χ4v) is 3.16. The molecular formula is C23H28N4O2. The molecule has 3 aromatic carbocycles. The Kier molecular flexibility index (Phi) is 6.81. The summed E-state index contributed by atoms with van der Waals surface area (Å²) < 4.78 is 5.31. The largest absolute Gasteiger partial charge is 0.505 e. The molecule has 0 radical (unpaired) electrons. The number of rotatable bonds is 3. The average Bonchev–Trinajstić information content (AvgIpc) is 2.77. The zero-order valence-corrected chi connectivity index (χ0v) is 16.6. The maximum atomic E-state index is 9.78. The first-order valence-electron chi connectivity index (χ1n) is 9.62. The number of nitrogens with two attached hydrogens (primary N) is 2. The SMILES string of the molecule is CNc1ccc(N2CCOCC2)cc1.Nc1cccc(-c2cccc(N)c2O)c1.